The van der Waals surface area contributed by atoms with Crippen LogP contribution in [-0.4, -0.2) is 37.4 Å². The number of ketones is 1. The van der Waals surface area contributed by atoms with E-state index in [1.54, 1.807) is 7.11 Å². The molecule has 1 aliphatic carbocycles. The number of nitrogens with zero attached hydrogens (tertiary/aromatic N) is 1. The number of Topliss-reactive ketones (excluding diaryl/α,β-unsaturated/α-hetero) is 1. The van der Waals surface area contributed by atoms with Gasteiger partial charge in [0, 0.05) is 18.0 Å². The first-order chi connectivity index (χ1) is 10.7. The monoisotopic (exact) mass is 301 g/mol. The molecule has 0 saturated carbocycles. The number of carbonyl (C=O) groups is 1. The fourth-order valence-corrected chi connectivity index (χ4v) is 3.96. The van der Waals surface area contributed by atoms with Gasteiger partial charge < -0.3 is 9.64 Å². The molecule has 1 atom stereocenters. The number of ether oxygens (including phenoxy) is 1. The van der Waals surface area contributed by atoms with Gasteiger partial charge in [0.1, 0.15) is 5.75 Å². The van der Waals surface area contributed by atoms with Crippen LogP contribution in [0.2, 0.25) is 0 Å². The second kappa shape index (κ2) is 6.82. The Kier molecular flexibility index (Phi) is 4.82. The first-order valence-corrected chi connectivity index (χ1v) is 8.66. The van der Waals surface area contributed by atoms with E-state index >= 15 is 0 Å². The fraction of sp³-hybridized carbons (Fsp3) is 0.632. The second-order valence-electron chi connectivity index (χ2n) is 6.75. The average Bonchev–Trinajstić information content (AvgIpc) is 3.06. The Labute approximate surface area is 133 Å². The Morgan fingerprint density at radius 2 is 1.82 bits per heavy atom. The number of benzene rings is 1. The van der Waals surface area contributed by atoms with Crippen LogP contribution in [0.3, 0.4) is 0 Å². The van der Waals surface area contributed by atoms with Crippen molar-refractivity contribution < 1.29 is 9.53 Å². The number of methoxy groups -OCH3 is 1. The van der Waals surface area contributed by atoms with Crippen molar-refractivity contribution in [2.75, 3.05) is 26.7 Å². The van der Waals surface area contributed by atoms with Gasteiger partial charge in [-0.1, -0.05) is 6.92 Å². The number of fused-ring (bicyclic) bond motifs is 1. The van der Waals surface area contributed by atoms with Crippen molar-refractivity contribution in [1.82, 2.24) is 4.90 Å². The molecule has 1 saturated heterocycles. The molecule has 3 nitrogen and oxygen atoms in total. The highest BCUT2D eigenvalue weighted by molar-refractivity contribution is 5.99. The van der Waals surface area contributed by atoms with Crippen LogP contribution in [0.25, 0.3) is 0 Å². The lowest BCUT2D eigenvalue weighted by Crippen LogP contribution is -2.30. The van der Waals surface area contributed by atoms with Gasteiger partial charge in [-0.25, -0.2) is 0 Å². The highest BCUT2D eigenvalue weighted by atomic mass is 16.5. The highest BCUT2D eigenvalue weighted by Gasteiger charge is 2.25. The molecule has 1 fully saturated rings. The zero-order valence-corrected chi connectivity index (χ0v) is 13.9. The van der Waals surface area contributed by atoms with E-state index in [1.807, 2.05) is 12.1 Å². The minimum absolute atomic E-state index is 0.0810. The van der Waals surface area contributed by atoms with Crippen molar-refractivity contribution in [3.05, 3.63) is 28.8 Å². The van der Waals surface area contributed by atoms with Gasteiger partial charge in [0.05, 0.1) is 7.11 Å². The molecule has 1 heterocycles. The first-order valence-electron chi connectivity index (χ1n) is 8.66. The topological polar surface area (TPSA) is 29.5 Å². The van der Waals surface area contributed by atoms with Gasteiger partial charge in [-0.05, 0) is 74.9 Å². The van der Waals surface area contributed by atoms with Crippen LogP contribution >= 0.6 is 0 Å². The van der Waals surface area contributed by atoms with Crippen molar-refractivity contribution in [3.63, 3.8) is 0 Å². The lowest BCUT2D eigenvalue weighted by molar-refractivity contribution is 0.0901. The Morgan fingerprint density at radius 1 is 1.14 bits per heavy atom. The molecule has 22 heavy (non-hydrogen) atoms. The van der Waals surface area contributed by atoms with Gasteiger partial charge in [-0.3, -0.25) is 4.79 Å². The Bertz CT molecular complexity index is 547. The molecule has 0 N–H and O–H groups in total. The van der Waals surface area contributed by atoms with E-state index in [2.05, 4.69) is 11.8 Å². The highest BCUT2D eigenvalue weighted by Crippen LogP contribution is 2.33. The van der Waals surface area contributed by atoms with E-state index in [-0.39, 0.29) is 5.92 Å². The molecular weight excluding hydrogens is 274 g/mol. The molecule has 3 rings (SSSR count). The van der Waals surface area contributed by atoms with Crippen LogP contribution in [0.1, 0.15) is 54.1 Å². The summed E-state index contributed by atoms with van der Waals surface area (Å²) >= 11 is 0. The quantitative estimate of drug-likeness (QED) is 0.780. The molecule has 1 aliphatic heterocycles. The summed E-state index contributed by atoms with van der Waals surface area (Å²) in [6, 6.07) is 3.98. The lowest BCUT2D eigenvalue weighted by Gasteiger charge is -2.24. The molecule has 1 aromatic carbocycles. The van der Waals surface area contributed by atoms with E-state index in [0.29, 0.717) is 5.78 Å². The maximum atomic E-state index is 12.9. The molecule has 0 aromatic heterocycles. The van der Waals surface area contributed by atoms with Crippen LogP contribution in [-0.2, 0) is 12.8 Å². The zero-order valence-electron chi connectivity index (χ0n) is 13.9. The minimum atomic E-state index is 0.0810. The molecule has 1 unspecified atom stereocenters. The van der Waals surface area contributed by atoms with E-state index in [0.717, 1.165) is 43.8 Å². The molecule has 0 radical (unpaired) electrons. The molecular formula is C19H27NO2. The van der Waals surface area contributed by atoms with Crippen LogP contribution < -0.4 is 4.74 Å². The molecule has 0 spiro atoms. The summed E-state index contributed by atoms with van der Waals surface area (Å²) in [7, 11) is 1.72. The molecule has 2 aliphatic rings. The lowest BCUT2D eigenvalue weighted by atomic mass is 9.84. The second-order valence-corrected chi connectivity index (χ2v) is 6.75. The average molecular weight is 301 g/mol. The Balaban J connectivity index is 1.82. The summed E-state index contributed by atoms with van der Waals surface area (Å²) in [5.74, 6) is 1.35. The Hall–Kier alpha value is -1.35. The first kappa shape index (κ1) is 15.5. The third-order valence-electron chi connectivity index (χ3n) is 5.16. The van der Waals surface area contributed by atoms with E-state index in [9.17, 15) is 4.79 Å². The standard InChI is InChI=1S/C19H27NO2/c1-14(13-20-11-5-6-12-20)19(21)17-9-10-18(22-2)16-8-4-3-7-15(16)17/h9-10,14H,3-8,11-13H2,1-2H3. The van der Waals surface area contributed by atoms with Gasteiger partial charge in [-0.15, -0.1) is 0 Å². The van der Waals surface area contributed by atoms with Gasteiger partial charge >= 0.3 is 0 Å². The predicted octanol–water partition coefficient (Wildman–Crippen LogP) is 3.49. The number of hydrogen-bond donors (Lipinski definition) is 0. The Morgan fingerprint density at radius 3 is 2.50 bits per heavy atom. The maximum Gasteiger partial charge on any atom is 0.167 e. The van der Waals surface area contributed by atoms with Crippen molar-refractivity contribution in [1.29, 1.82) is 0 Å². The third kappa shape index (κ3) is 3.05. The molecule has 120 valence electrons. The maximum absolute atomic E-state index is 12.9. The number of carbonyl (C=O) groups excluding carboxylic acids is 1. The minimum Gasteiger partial charge on any atom is -0.496 e. The van der Waals surface area contributed by atoms with Crippen molar-refractivity contribution in [2.24, 2.45) is 5.92 Å². The summed E-state index contributed by atoms with van der Waals surface area (Å²) < 4.78 is 5.50. The van der Waals surface area contributed by atoms with Gasteiger partial charge in [0.2, 0.25) is 0 Å². The van der Waals surface area contributed by atoms with Crippen LogP contribution in [0, 0.1) is 5.92 Å². The number of hydrogen-bond acceptors (Lipinski definition) is 3. The van der Waals surface area contributed by atoms with Crippen molar-refractivity contribution in [3.8, 4) is 5.75 Å². The normalized spacial score (nSPS) is 19.7. The van der Waals surface area contributed by atoms with Crippen LogP contribution in [0.15, 0.2) is 12.1 Å². The van der Waals surface area contributed by atoms with Gasteiger partial charge in [0.25, 0.3) is 0 Å². The van der Waals surface area contributed by atoms with Gasteiger partial charge in [0.15, 0.2) is 5.78 Å². The largest absolute Gasteiger partial charge is 0.496 e. The van der Waals surface area contributed by atoms with E-state index < -0.39 is 0 Å². The fourth-order valence-electron chi connectivity index (χ4n) is 3.96. The van der Waals surface area contributed by atoms with Crippen molar-refractivity contribution in [2.45, 2.75) is 45.4 Å². The van der Waals surface area contributed by atoms with Crippen LogP contribution in [0.5, 0.6) is 5.75 Å². The van der Waals surface area contributed by atoms with Gasteiger partial charge in [-0.2, -0.15) is 0 Å². The van der Waals surface area contributed by atoms with E-state index in [4.69, 9.17) is 4.74 Å². The summed E-state index contributed by atoms with van der Waals surface area (Å²) in [5.41, 5.74) is 3.47. The third-order valence-corrected chi connectivity index (χ3v) is 5.16. The SMILES string of the molecule is COc1ccc(C(=O)C(C)CN2CCCC2)c2c1CCCC2. The smallest absolute Gasteiger partial charge is 0.167 e. The molecule has 0 bridgehead atoms. The molecule has 1 aromatic rings. The van der Waals surface area contributed by atoms with E-state index in [1.165, 1.54) is 36.8 Å². The molecule has 3 heteroatoms. The zero-order chi connectivity index (χ0) is 15.5. The van der Waals surface area contributed by atoms with Crippen LogP contribution in [0.4, 0.5) is 0 Å². The summed E-state index contributed by atoms with van der Waals surface area (Å²) in [6.07, 6.45) is 6.99. The summed E-state index contributed by atoms with van der Waals surface area (Å²) in [5, 5.41) is 0. The number of likely N-dealkylation sites (tertiary alicyclic amines) is 1. The van der Waals surface area contributed by atoms with Crippen molar-refractivity contribution >= 4 is 5.78 Å². The summed E-state index contributed by atoms with van der Waals surface area (Å²) in [4.78, 5) is 15.4. The predicted molar refractivity (Wildman–Crippen MR) is 88.8 cm³/mol. The summed E-state index contributed by atoms with van der Waals surface area (Å²) in [6.45, 7) is 5.29. The number of rotatable bonds is 5. The molecule has 0 amide bonds.